The van der Waals surface area contributed by atoms with Gasteiger partial charge in [0.2, 0.25) is 25.8 Å². The lowest BCUT2D eigenvalue weighted by Gasteiger charge is -2.20. The Morgan fingerprint density at radius 1 is 0.590 bits per heavy atom. The van der Waals surface area contributed by atoms with Crippen molar-refractivity contribution in [3.63, 3.8) is 0 Å². The fourth-order valence-corrected chi connectivity index (χ4v) is 9.07. The number of rotatable bonds is 23. The van der Waals surface area contributed by atoms with Crippen molar-refractivity contribution in [1.82, 2.24) is 62.8 Å². The van der Waals surface area contributed by atoms with Gasteiger partial charge in [0.15, 0.2) is 0 Å². The van der Waals surface area contributed by atoms with Gasteiger partial charge in [-0.15, -0.1) is 0 Å². The van der Waals surface area contributed by atoms with Gasteiger partial charge in [0.25, 0.3) is 0 Å². The highest BCUT2D eigenvalue weighted by atomic mass is 35.5. The van der Waals surface area contributed by atoms with E-state index in [1.165, 1.54) is 46.1 Å². The lowest BCUT2D eigenvalue weighted by molar-refractivity contribution is -0.143. The number of hydroxylamine groups is 1. The molecule has 0 aliphatic carbocycles. The molecule has 0 atom stereocenters. The number of unbranched alkanes of at least 4 members (excludes halogenated alkanes) is 8. The van der Waals surface area contributed by atoms with E-state index in [0.29, 0.717) is 29.7 Å². The first-order valence-corrected chi connectivity index (χ1v) is 28.4. The molecule has 0 unspecified atom stereocenters. The van der Waals surface area contributed by atoms with E-state index in [1.807, 2.05) is 101 Å². The summed E-state index contributed by atoms with van der Waals surface area (Å²) in [6.07, 6.45) is 18.0. The Labute approximate surface area is 480 Å². The third kappa shape index (κ3) is 28.7. The van der Waals surface area contributed by atoms with Crippen molar-refractivity contribution in [2.24, 2.45) is 0 Å². The van der Waals surface area contributed by atoms with Gasteiger partial charge in [-0.3, -0.25) is 14.8 Å². The van der Waals surface area contributed by atoms with E-state index in [2.05, 4.69) is 88.0 Å². The Balaban J connectivity index is 0.000000276. The predicted octanol–water partition coefficient (Wildman–Crippen LogP) is 10.9. The van der Waals surface area contributed by atoms with Crippen LogP contribution < -0.4 is 26.3 Å². The number of anilines is 7. The fraction of sp³-hybridized carbons (Fsp3) is 0.400. The van der Waals surface area contributed by atoms with Gasteiger partial charge in [0.1, 0.15) is 46.6 Å². The zero-order valence-electron chi connectivity index (χ0n) is 44.5. The van der Waals surface area contributed by atoms with Gasteiger partial charge < -0.3 is 25.6 Å². The maximum absolute atomic E-state index is 11.3. The van der Waals surface area contributed by atoms with Gasteiger partial charge in [-0.1, -0.05) is 62.8 Å². The highest BCUT2D eigenvalue weighted by molar-refractivity contribution is 7.10. The number of nitrogens with two attached hydrogens (primary N) is 1. The van der Waals surface area contributed by atoms with E-state index in [9.17, 15) is 9.59 Å². The van der Waals surface area contributed by atoms with E-state index >= 15 is 0 Å². The van der Waals surface area contributed by atoms with Crippen LogP contribution in [-0.2, 0) is 14.3 Å². The molecule has 0 spiro atoms. The summed E-state index contributed by atoms with van der Waals surface area (Å²) in [6, 6.07) is 22.8. The second kappa shape index (κ2) is 40.6. The van der Waals surface area contributed by atoms with Gasteiger partial charge in [0.05, 0.1) is 6.61 Å². The van der Waals surface area contributed by atoms with Crippen LogP contribution in [-0.4, -0.2) is 110 Å². The van der Waals surface area contributed by atoms with Crippen LogP contribution in [0.1, 0.15) is 107 Å². The molecule has 0 saturated carbocycles. The number of esters is 1. The normalized spacial score (nSPS) is 9.99. The molecule has 0 bridgehead atoms. The summed E-state index contributed by atoms with van der Waals surface area (Å²) in [5, 5.41) is 14.0. The van der Waals surface area contributed by atoms with Gasteiger partial charge in [-0.2, -0.15) is 17.5 Å². The van der Waals surface area contributed by atoms with E-state index in [0.717, 1.165) is 133 Å². The number of aromatic nitrogens is 12. The molecule has 8 aromatic rings. The fourth-order valence-electron chi connectivity index (χ4n) is 6.42. The summed E-state index contributed by atoms with van der Waals surface area (Å²) in [6.45, 7) is 11.5. The predicted molar refractivity (Wildman–Crippen MR) is 316 cm³/mol. The lowest BCUT2D eigenvalue weighted by Crippen LogP contribution is -2.19. The Morgan fingerprint density at radius 3 is 1.42 bits per heavy atom. The van der Waals surface area contributed by atoms with Crippen LogP contribution in [0.5, 0.6) is 0 Å². The number of carbonyl (C=O) groups excluding carboxylic acids is 2. The number of nitrogens with one attached hydrogen (secondary N) is 2. The van der Waals surface area contributed by atoms with Crippen molar-refractivity contribution in [2.75, 3.05) is 40.5 Å². The number of hydrogen-bond acceptors (Lipinski definition) is 24. The van der Waals surface area contributed by atoms with Crippen LogP contribution in [0.25, 0.3) is 0 Å². The Kier molecular flexibility index (Phi) is 34.1. The number of nitrogen functional groups attached to an aromatic ring is 1. The van der Waals surface area contributed by atoms with Crippen LogP contribution >= 0.6 is 57.7 Å². The summed E-state index contributed by atoms with van der Waals surface area (Å²) in [5.74, 6) is 5.84. The van der Waals surface area contributed by atoms with Gasteiger partial charge in [-0.05, 0) is 132 Å². The first kappa shape index (κ1) is 65.6. The highest BCUT2D eigenvalue weighted by Crippen LogP contribution is 2.27. The topological polar surface area (TPSA) is 275 Å². The molecule has 28 heteroatoms. The van der Waals surface area contributed by atoms with E-state index in [4.69, 9.17) is 27.3 Å². The number of carbonyl (C=O) groups is 2. The van der Waals surface area contributed by atoms with Gasteiger partial charge >= 0.3 is 5.97 Å². The van der Waals surface area contributed by atoms with Crippen molar-refractivity contribution in [1.29, 1.82) is 0 Å². The van der Waals surface area contributed by atoms with E-state index in [1.54, 1.807) is 36.3 Å². The van der Waals surface area contributed by atoms with Gasteiger partial charge in [-0.25, -0.2) is 45.4 Å². The number of pyridine rings is 4. The molecular weight excluding hydrogens is 1090 g/mol. The molecule has 21 nitrogen and oxygen atoms in total. The van der Waals surface area contributed by atoms with Crippen molar-refractivity contribution >= 4 is 124 Å². The largest absolute Gasteiger partial charge is 0.466 e. The molecule has 0 saturated heterocycles. The zero-order valence-corrected chi connectivity index (χ0v) is 48.5. The summed E-state index contributed by atoms with van der Waals surface area (Å²) in [5.41, 5.74) is 6.90. The van der Waals surface area contributed by atoms with Crippen molar-refractivity contribution in [2.45, 2.75) is 112 Å². The molecule has 0 aliphatic rings. The molecule has 1 amide bonds. The number of nitrogens with zero attached hydrogens (tertiary/aromatic N) is 14. The third-order valence-corrected chi connectivity index (χ3v) is 13.2. The lowest BCUT2D eigenvalue weighted by atomic mass is 9.81. The summed E-state index contributed by atoms with van der Waals surface area (Å²) in [7, 11) is 8.00. The van der Waals surface area contributed by atoms with Crippen LogP contribution in [0, 0.1) is 27.7 Å². The molecule has 0 fully saturated rings. The minimum Gasteiger partial charge on any atom is -0.466 e. The van der Waals surface area contributed by atoms with Crippen LogP contribution in [0.2, 0.25) is 4.47 Å². The van der Waals surface area contributed by atoms with Gasteiger partial charge in [0, 0.05) is 101 Å². The molecule has 8 aromatic heterocycles. The quantitative estimate of drug-likeness (QED) is 0.0152. The van der Waals surface area contributed by atoms with Crippen LogP contribution in [0.4, 0.5) is 38.7 Å². The van der Waals surface area contributed by atoms with Crippen LogP contribution in [0.3, 0.4) is 0 Å². The maximum atomic E-state index is 11.3. The number of ether oxygens (including phenoxy) is 1. The Hall–Kier alpha value is -6.64. The number of amides is 1. The molecule has 4 radical (unpaired) electrons. The number of aryl methyl sites for hydroxylation is 4. The second-order valence-corrected chi connectivity index (χ2v) is 19.7. The smallest absolute Gasteiger partial charge is 0.305 e. The number of hydrogen-bond donors (Lipinski definition) is 4. The minimum atomic E-state index is -0.317. The number of halogens is 1. The van der Waals surface area contributed by atoms with Crippen LogP contribution in [0.15, 0.2) is 97.6 Å². The summed E-state index contributed by atoms with van der Waals surface area (Å²) >= 11 is 10.7. The minimum absolute atomic E-state index is 0.0875. The summed E-state index contributed by atoms with van der Waals surface area (Å²) in [4.78, 5) is 60.1. The van der Waals surface area contributed by atoms with E-state index < -0.39 is 0 Å². The van der Waals surface area contributed by atoms with Crippen molar-refractivity contribution in [3.8, 4) is 0 Å². The van der Waals surface area contributed by atoms with Crippen molar-refractivity contribution in [3.05, 3.63) is 125 Å². The zero-order chi connectivity index (χ0) is 56.6. The standard InChI is InChI=1S/C18H26N4O2S.C16H23N5O2S.C8H8N4S.C5H6N2.C3H3ClN2S.B2/c1-3-24-17(23)12-7-5-4-6-10-14-22(16-11-8-9-13-19-16)18-20-15(2)21-25-18;1-13-18-16(24-20-13)21(14-9-6-7-11-17-14)12-8-4-2-3-5-10-15(22)19-23;1-6-10-8(13-12-6)11-7-4-2-3-5-9-7;6-5-3-1-2-4-7-5;1-2-5-3(4)7-6-2;1-2/h8-9,11,13H,3-7,10,12,14H2,1-2H3;6-7,9,11,23H,2-5,8,10,12H2,1H3,(H,19,22);2-5H,1H3,(H,9,10,11,12);1-4H,(H2,6,7);1H3;. The first-order valence-electron chi connectivity index (χ1n) is 24.9. The molecular formula is C50H66B2ClN17O4S4. The maximum Gasteiger partial charge on any atom is 0.305 e. The molecule has 78 heavy (non-hydrogen) atoms. The second-order valence-electron chi connectivity index (χ2n) is 16.1. The average molecular weight is 1150 g/mol. The monoisotopic (exact) mass is 1150 g/mol. The molecule has 8 rings (SSSR count). The Morgan fingerprint density at radius 2 is 1.05 bits per heavy atom. The SMILES string of the molecule is CCOC(=O)CCCCCCCN(c1ccccn1)c1nc(C)ns1.Cc1nsc(Cl)n1.Cc1nsc(N(CCCCCCCC(=O)NO)c2ccccn2)n1.Cc1nsc(Nc2ccccn2)n1.Nc1ccccn1.[B][B]. The molecule has 412 valence electrons. The summed E-state index contributed by atoms with van der Waals surface area (Å²) < 4.78 is 21.9. The Bertz CT molecular complexity index is 2760. The molecule has 5 N–H and O–H groups in total. The first-order chi connectivity index (χ1) is 37.9. The third-order valence-electron chi connectivity index (χ3n) is 9.94. The molecule has 0 aromatic carbocycles. The molecule has 8 heterocycles. The van der Waals surface area contributed by atoms with E-state index in [-0.39, 0.29) is 11.9 Å². The highest BCUT2D eigenvalue weighted by Gasteiger charge is 2.16. The molecule has 0 aliphatic heterocycles. The average Bonchev–Trinajstić information content (AvgIpc) is 4.29. The van der Waals surface area contributed by atoms with Crippen molar-refractivity contribution < 1.29 is 19.5 Å².